The maximum absolute atomic E-state index is 14.3. The van der Waals surface area contributed by atoms with Crippen molar-refractivity contribution in [1.82, 2.24) is 4.98 Å². The number of hydrogen-bond acceptors (Lipinski definition) is 3. The second-order valence-corrected chi connectivity index (χ2v) is 7.61. The SMILES string of the molecule is C=C1c2cc(Br)ccc2Oc2c1cc(OCC(C)(C)C)nc2F. The molecule has 1 aromatic heterocycles. The molecule has 0 aliphatic carbocycles. The molecule has 3 rings (SSSR count). The number of ether oxygens (including phenoxy) is 2. The summed E-state index contributed by atoms with van der Waals surface area (Å²) >= 11 is 3.43. The van der Waals surface area contributed by atoms with Crippen LogP contribution < -0.4 is 9.47 Å². The Morgan fingerprint density at radius 2 is 2.00 bits per heavy atom. The van der Waals surface area contributed by atoms with Crippen LogP contribution in [0.4, 0.5) is 4.39 Å². The lowest BCUT2D eigenvalue weighted by molar-refractivity contribution is 0.189. The summed E-state index contributed by atoms with van der Waals surface area (Å²) in [5.41, 5.74) is 2.02. The van der Waals surface area contributed by atoms with E-state index >= 15 is 0 Å². The van der Waals surface area contributed by atoms with Crippen LogP contribution in [0.15, 0.2) is 35.3 Å². The number of halogens is 2. The smallest absolute Gasteiger partial charge is 0.259 e. The van der Waals surface area contributed by atoms with Gasteiger partial charge in [-0.2, -0.15) is 9.37 Å². The molecule has 0 spiro atoms. The van der Waals surface area contributed by atoms with Gasteiger partial charge < -0.3 is 9.47 Å². The number of benzene rings is 1. The molecule has 1 aromatic carbocycles. The lowest BCUT2D eigenvalue weighted by Crippen LogP contribution is -2.18. The first-order valence-electron chi connectivity index (χ1n) is 7.25. The Morgan fingerprint density at radius 1 is 1.26 bits per heavy atom. The molecule has 23 heavy (non-hydrogen) atoms. The Labute approximate surface area is 143 Å². The van der Waals surface area contributed by atoms with Crippen molar-refractivity contribution in [3.63, 3.8) is 0 Å². The standard InChI is InChI=1S/C18H17BrFNO2/c1-10-12-7-11(19)5-6-14(12)23-16-13(10)8-15(21-17(16)20)22-9-18(2,3)4/h5-8H,1,9H2,2-4H3. The maximum Gasteiger partial charge on any atom is 0.259 e. The van der Waals surface area contributed by atoms with Crippen molar-refractivity contribution in [3.05, 3.63) is 52.4 Å². The Kier molecular flexibility index (Phi) is 3.92. The van der Waals surface area contributed by atoms with Crippen LogP contribution in [0, 0.1) is 11.4 Å². The second-order valence-electron chi connectivity index (χ2n) is 6.70. The van der Waals surface area contributed by atoms with E-state index in [1.807, 2.05) is 32.9 Å². The molecule has 2 aromatic rings. The molecule has 0 saturated carbocycles. The largest absolute Gasteiger partial charge is 0.477 e. The predicted octanol–water partition coefficient (Wildman–Crippen LogP) is 5.58. The number of nitrogens with zero attached hydrogens (tertiary/aromatic N) is 1. The molecule has 3 nitrogen and oxygen atoms in total. The summed E-state index contributed by atoms with van der Waals surface area (Å²) < 4.78 is 26.5. The Hall–Kier alpha value is -1.88. The van der Waals surface area contributed by atoms with Crippen molar-refractivity contribution in [2.24, 2.45) is 5.41 Å². The number of fused-ring (bicyclic) bond motifs is 2. The van der Waals surface area contributed by atoms with Gasteiger partial charge in [-0.25, -0.2) is 0 Å². The van der Waals surface area contributed by atoms with Gasteiger partial charge in [-0.1, -0.05) is 43.3 Å². The highest BCUT2D eigenvalue weighted by atomic mass is 79.9. The van der Waals surface area contributed by atoms with E-state index in [0.29, 0.717) is 23.5 Å². The quantitative estimate of drug-likeness (QED) is 0.546. The number of hydrogen-bond donors (Lipinski definition) is 0. The topological polar surface area (TPSA) is 31.4 Å². The van der Waals surface area contributed by atoms with Crippen molar-refractivity contribution in [2.45, 2.75) is 20.8 Å². The number of aromatic nitrogens is 1. The highest BCUT2D eigenvalue weighted by Crippen LogP contribution is 2.45. The molecule has 0 amide bonds. The first-order chi connectivity index (χ1) is 10.7. The van der Waals surface area contributed by atoms with E-state index in [2.05, 4.69) is 27.5 Å². The zero-order chi connectivity index (χ0) is 16.8. The summed E-state index contributed by atoms with van der Waals surface area (Å²) in [6.45, 7) is 10.6. The minimum atomic E-state index is -0.693. The third-order valence-electron chi connectivity index (χ3n) is 3.37. The highest BCUT2D eigenvalue weighted by Gasteiger charge is 2.26. The summed E-state index contributed by atoms with van der Waals surface area (Å²) in [4.78, 5) is 3.85. The fourth-order valence-electron chi connectivity index (χ4n) is 2.25. The second kappa shape index (κ2) is 5.64. The van der Waals surface area contributed by atoms with E-state index in [1.165, 1.54) is 0 Å². The Morgan fingerprint density at radius 3 is 2.70 bits per heavy atom. The van der Waals surface area contributed by atoms with Gasteiger partial charge in [0.05, 0.1) is 6.61 Å². The molecule has 0 atom stereocenters. The van der Waals surface area contributed by atoms with Gasteiger partial charge in [0.25, 0.3) is 5.95 Å². The summed E-state index contributed by atoms with van der Waals surface area (Å²) in [5, 5.41) is 0. The number of pyridine rings is 1. The van der Waals surface area contributed by atoms with Crippen molar-refractivity contribution < 1.29 is 13.9 Å². The van der Waals surface area contributed by atoms with Gasteiger partial charge in [-0.05, 0) is 29.2 Å². The van der Waals surface area contributed by atoms with Gasteiger partial charge >= 0.3 is 0 Å². The molecule has 0 fully saturated rings. The van der Waals surface area contributed by atoms with Crippen LogP contribution in [0.2, 0.25) is 0 Å². The molecule has 1 aliphatic rings. The van der Waals surface area contributed by atoms with Crippen molar-refractivity contribution in [1.29, 1.82) is 0 Å². The first-order valence-corrected chi connectivity index (χ1v) is 8.04. The van der Waals surface area contributed by atoms with Crippen molar-refractivity contribution in [2.75, 3.05) is 6.61 Å². The molecule has 0 bridgehead atoms. The summed E-state index contributed by atoms with van der Waals surface area (Å²) in [6.07, 6.45) is 0. The summed E-state index contributed by atoms with van der Waals surface area (Å²) in [7, 11) is 0. The Bertz CT molecular complexity index is 796. The molecule has 0 N–H and O–H groups in total. The van der Waals surface area contributed by atoms with Crippen LogP contribution >= 0.6 is 15.9 Å². The molecular formula is C18H17BrFNO2. The predicted molar refractivity (Wildman–Crippen MR) is 91.5 cm³/mol. The maximum atomic E-state index is 14.3. The summed E-state index contributed by atoms with van der Waals surface area (Å²) in [5.74, 6) is 0.197. The van der Waals surface area contributed by atoms with Crippen LogP contribution in [0.5, 0.6) is 17.4 Å². The van der Waals surface area contributed by atoms with E-state index in [-0.39, 0.29) is 17.0 Å². The molecule has 1 aliphatic heterocycles. The highest BCUT2D eigenvalue weighted by molar-refractivity contribution is 9.10. The molecule has 5 heteroatoms. The van der Waals surface area contributed by atoms with Crippen molar-refractivity contribution >= 4 is 21.5 Å². The summed E-state index contributed by atoms with van der Waals surface area (Å²) in [6, 6.07) is 7.19. The van der Waals surface area contributed by atoms with Crippen LogP contribution in [-0.4, -0.2) is 11.6 Å². The van der Waals surface area contributed by atoms with Crippen LogP contribution in [-0.2, 0) is 0 Å². The molecule has 2 heterocycles. The van der Waals surface area contributed by atoms with Gasteiger partial charge in [0.1, 0.15) is 5.75 Å². The van der Waals surface area contributed by atoms with Crippen LogP contribution in [0.1, 0.15) is 31.9 Å². The monoisotopic (exact) mass is 377 g/mol. The minimum Gasteiger partial charge on any atom is -0.477 e. The van der Waals surface area contributed by atoms with Gasteiger partial charge in [0, 0.05) is 21.7 Å². The lowest BCUT2D eigenvalue weighted by atomic mass is 9.96. The molecule has 0 unspecified atom stereocenters. The van der Waals surface area contributed by atoms with Crippen molar-refractivity contribution in [3.8, 4) is 17.4 Å². The molecule has 0 radical (unpaired) electrons. The van der Waals surface area contributed by atoms with Crippen LogP contribution in [0.25, 0.3) is 5.57 Å². The van der Waals surface area contributed by atoms with Gasteiger partial charge in [0.15, 0.2) is 5.75 Å². The normalized spacial score (nSPS) is 13.2. The lowest BCUT2D eigenvalue weighted by Gasteiger charge is -2.24. The van der Waals surface area contributed by atoms with Gasteiger partial charge in [0.2, 0.25) is 5.88 Å². The molecule has 0 saturated heterocycles. The number of rotatable bonds is 2. The third-order valence-corrected chi connectivity index (χ3v) is 3.86. The van der Waals surface area contributed by atoms with E-state index < -0.39 is 5.95 Å². The average molecular weight is 378 g/mol. The fourth-order valence-corrected chi connectivity index (χ4v) is 2.61. The molecule has 120 valence electrons. The van der Waals surface area contributed by atoms with E-state index in [9.17, 15) is 4.39 Å². The van der Waals surface area contributed by atoms with Crippen LogP contribution in [0.3, 0.4) is 0 Å². The minimum absolute atomic E-state index is 0.0426. The average Bonchev–Trinajstić information content (AvgIpc) is 2.46. The van der Waals surface area contributed by atoms with Gasteiger partial charge in [-0.15, -0.1) is 0 Å². The van der Waals surface area contributed by atoms with E-state index in [1.54, 1.807) is 12.1 Å². The zero-order valence-electron chi connectivity index (χ0n) is 13.2. The van der Waals surface area contributed by atoms with Gasteiger partial charge in [-0.3, -0.25) is 0 Å². The Balaban J connectivity index is 2.00. The third kappa shape index (κ3) is 3.24. The fraction of sp³-hybridized carbons (Fsp3) is 0.278. The van der Waals surface area contributed by atoms with E-state index in [0.717, 1.165) is 10.0 Å². The first kappa shape index (κ1) is 16.0. The zero-order valence-corrected chi connectivity index (χ0v) is 14.8. The van der Waals surface area contributed by atoms with E-state index in [4.69, 9.17) is 9.47 Å². The molecular weight excluding hydrogens is 361 g/mol.